The Morgan fingerprint density at radius 3 is 2.76 bits per heavy atom. The van der Waals surface area contributed by atoms with Crippen LogP contribution in [0.3, 0.4) is 0 Å². The topological polar surface area (TPSA) is 79.8 Å². The van der Waals surface area contributed by atoms with E-state index in [1.165, 1.54) is 11.8 Å². The molecular formula is C18H16N4O2S. The number of anilines is 1. The lowest BCUT2D eigenvalue weighted by molar-refractivity contribution is -0.113. The highest BCUT2D eigenvalue weighted by Gasteiger charge is 2.29. The van der Waals surface area contributed by atoms with Gasteiger partial charge in [0, 0.05) is 17.3 Å². The number of carbonyl (C=O) groups excluding carboxylic acids is 1. The third-order valence-electron chi connectivity index (χ3n) is 4.10. The molecule has 126 valence electrons. The SMILES string of the molecule is O=C1CSC(c2ccc[nH]c2=O)c2cnn(Cc3ccccc3)c2N1. The van der Waals surface area contributed by atoms with Crippen LogP contribution in [0.15, 0.2) is 59.7 Å². The Hall–Kier alpha value is -2.80. The number of fused-ring (bicyclic) bond motifs is 1. The first-order chi connectivity index (χ1) is 12.2. The van der Waals surface area contributed by atoms with Crippen molar-refractivity contribution in [3.63, 3.8) is 0 Å². The van der Waals surface area contributed by atoms with Crippen molar-refractivity contribution >= 4 is 23.5 Å². The van der Waals surface area contributed by atoms with Gasteiger partial charge in [-0.2, -0.15) is 5.10 Å². The Morgan fingerprint density at radius 1 is 1.12 bits per heavy atom. The van der Waals surface area contributed by atoms with Crippen LogP contribution in [0.2, 0.25) is 0 Å². The van der Waals surface area contributed by atoms with Gasteiger partial charge in [0.15, 0.2) is 0 Å². The van der Waals surface area contributed by atoms with Crippen LogP contribution in [0, 0.1) is 0 Å². The van der Waals surface area contributed by atoms with Crippen LogP contribution >= 0.6 is 11.8 Å². The van der Waals surface area contributed by atoms with Gasteiger partial charge in [-0.05, 0) is 11.6 Å². The molecule has 1 atom stereocenters. The number of H-pyrrole nitrogens is 1. The van der Waals surface area contributed by atoms with E-state index in [4.69, 9.17) is 0 Å². The fraction of sp³-hybridized carbons (Fsp3) is 0.167. The third-order valence-corrected chi connectivity index (χ3v) is 5.37. The van der Waals surface area contributed by atoms with E-state index < -0.39 is 0 Å². The van der Waals surface area contributed by atoms with Crippen LogP contribution in [0.1, 0.15) is 21.9 Å². The molecule has 6 nitrogen and oxygen atoms in total. The Balaban J connectivity index is 1.77. The molecule has 3 aromatic rings. The molecule has 0 spiro atoms. The van der Waals surface area contributed by atoms with Crippen LogP contribution < -0.4 is 10.9 Å². The molecule has 0 saturated heterocycles. The maximum atomic E-state index is 12.2. The van der Waals surface area contributed by atoms with Crippen molar-refractivity contribution in [1.29, 1.82) is 0 Å². The summed E-state index contributed by atoms with van der Waals surface area (Å²) in [5, 5.41) is 7.16. The number of rotatable bonds is 3. The van der Waals surface area contributed by atoms with Crippen LogP contribution in [-0.2, 0) is 11.3 Å². The number of carbonyl (C=O) groups is 1. The number of thioether (sulfide) groups is 1. The van der Waals surface area contributed by atoms with E-state index in [-0.39, 0.29) is 16.7 Å². The number of nitrogens with zero attached hydrogens (tertiary/aromatic N) is 2. The fourth-order valence-corrected chi connectivity index (χ4v) is 4.03. The van der Waals surface area contributed by atoms with Crippen LogP contribution in [-0.4, -0.2) is 26.4 Å². The molecule has 0 radical (unpaired) electrons. The molecule has 1 amide bonds. The van der Waals surface area contributed by atoms with Gasteiger partial charge in [-0.15, -0.1) is 11.8 Å². The van der Waals surface area contributed by atoms with Crippen molar-refractivity contribution in [3.05, 3.63) is 81.9 Å². The van der Waals surface area contributed by atoms with E-state index >= 15 is 0 Å². The molecule has 0 bridgehead atoms. The molecular weight excluding hydrogens is 336 g/mol. The molecule has 1 aliphatic heterocycles. The lowest BCUT2D eigenvalue weighted by Gasteiger charge is -2.13. The number of aromatic nitrogens is 3. The van der Waals surface area contributed by atoms with Crippen molar-refractivity contribution < 1.29 is 4.79 Å². The van der Waals surface area contributed by atoms with Crippen molar-refractivity contribution in [1.82, 2.24) is 14.8 Å². The van der Waals surface area contributed by atoms with E-state index in [9.17, 15) is 9.59 Å². The summed E-state index contributed by atoms with van der Waals surface area (Å²) in [4.78, 5) is 27.1. The molecule has 0 aliphatic carbocycles. The average Bonchev–Trinajstić information content (AvgIpc) is 2.91. The minimum atomic E-state index is -0.233. The van der Waals surface area contributed by atoms with Gasteiger partial charge in [-0.3, -0.25) is 9.59 Å². The second-order valence-electron chi connectivity index (χ2n) is 5.79. The van der Waals surface area contributed by atoms with Gasteiger partial charge < -0.3 is 10.3 Å². The quantitative estimate of drug-likeness (QED) is 0.759. The molecule has 1 unspecified atom stereocenters. The third kappa shape index (κ3) is 3.10. The maximum absolute atomic E-state index is 12.2. The molecule has 0 fully saturated rings. The Kier molecular flexibility index (Phi) is 4.15. The van der Waals surface area contributed by atoms with E-state index in [1.54, 1.807) is 29.2 Å². The second kappa shape index (κ2) is 6.60. The molecule has 4 rings (SSSR count). The molecule has 3 heterocycles. The van der Waals surface area contributed by atoms with E-state index in [0.29, 0.717) is 23.7 Å². The number of hydrogen-bond donors (Lipinski definition) is 2. The van der Waals surface area contributed by atoms with Crippen molar-refractivity contribution in [3.8, 4) is 0 Å². The normalized spacial score (nSPS) is 16.8. The average molecular weight is 352 g/mol. The van der Waals surface area contributed by atoms with Crippen LogP contribution in [0.5, 0.6) is 0 Å². The van der Waals surface area contributed by atoms with E-state index in [1.807, 2.05) is 30.3 Å². The zero-order chi connectivity index (χ0) is 17.2. The summed E-state index contributed by atoms with van der Waals surface area (Å²) >= 11 is 1.44. The molecule has 0 saturated carbocycles. The van der Waals surface area contributed by atoms with E-state index in [2.05, 4.69) is 15.4 Å². The van der Waals surface area contributed by atoms with Gasteiger partial charge in [-0.1, -0.05) is 36.4 Å². The van der Waals surface area contributed by atoms with E-state index in [0.717, 1.165) is 11.1 Å². The summed E-state index contributed by atoms with van der Waals surface area (Å²) in [7, 11) is 0. The first-order valence-corrected chi connectivity index (χ1v) is 8.96. The number of pyridine rings is 1. The first-order valence-electron chi connectivity index (χ1n) is 7.91. The summed E-state index contributed by atoms with van der Waals surface area (Å²) in [5.41, 5.74) is 2.43. The number of amides is 1. The predicted octanol–water partition coefficient (Wildman–Crippen LogP) is 2.39. The monoisotopic (exact) mass is 352 g/mol. The number of aromatic amines is 1. The molecule has 7 heteroatoms. The molecule has 25 heavy (non-hydrogen) atoms. The van der Waals surface area contributed by atoms with Gasteiger partial charge in [0.2, 0.25) is 5.91 Å². The summed E-state index contributed by atoms with van der Waals surface area (Å²) in [6.07, 6.45) is 3.35. The number of hydrogen-bond acceptors (Lipinski definition) is 4. The minimum Gasteiger partial charge on any atom is -0.329 e. The van der Waals surface area contributed by atoms with Crippen LogP contribution in [0.4, 0.5) is 5.82 Å². The second-order valence-corrected chi connectivity index (χ2v) is 6.88. The van der Waals surface area contributed by atoms with Crippen LogP contribution in [0.25, 0.3) is 0 Å². The van der Waals surface area contributed by atoms with Gasteiger partial charge in [0.25, 0.3) is 5.56 Å². The summed E-state index contributed by atoms with van der Waals surface area (Å²) in [6, 6.07) is 13.5. The molecule has 1 aliphatic rings. The van der Waals surface area contributed by atoms with Gasteiger partial charge in [0.05, 0.1) is 23.7 Å². The largest absolute Gasteiger partial charge is 0.329 e. The lowest BCUT2D eigenvalue weighted by Crippen LogP contribution is -2.16. The Bertz CT molecular complexity index is 964. The van der Waals surface area contributed by atoms with Gasteiger partial charge in [0.1, 0.15) is 5.82 Å². The van der Waals surface area contributed by atoms with Crippen molar-refractivity contribution in [2.24, 2.45) is 0 Å². The fourth-order valence-electron chi connectivity index (χ4n) is 2.92. The maximum Gasteiger partial charge on any atom is 0.252 e. The zero-order valence-corrected chi connectivity index (χ0v) is 14.1. The Morgan fingerprint density at radius 2 is 1.96 bits per heavy atom. The lowest BCUT2D eigenvalue weighted by atomic mass is 10.1. The first kappa shape index (κ1) is 15.7. The highest BCUT2D eigenvalue weighted by atomic mass is 32.2. The minimum absolute atomic E-state index is 0.0871. The standard InChI is InChI=1S/C18H16N4O2S/c23-15-11-25-16(13-7-4-8-19-18(13)24)14-9-20-22(17(14)21-15)10-12-5-2-1-3-6-12/h1-9,16H,10-11H2,(H,19,24)(H,21,23). The van der Waals surface area contributed by atoms with Crippen molar-refractivity contribution in [2.45, 2.75) is 11.8 Å². The van der Waals surface area contributed by atoms with Gasteiger partial charge in [-0.25, -0.2) is 4.68 Å². The summed E-state index contributed by atoms with van der Waals surface area (Å²) in [6.45, 7) is 0.555. The molecule has 1 aromatic carbocycles. The Labute approximate surface area is 148 Å². The van der Waals surface area contributed by atoms with Gasteiger partial charge >= 0.3 is 0 Å². The number of benzene rings is 1. The molecule has 2 aromatic heterocycles. The summed E-state index contributed by atoms with van der Waals surface area (Å²) in [5.74, 6) is 0.863. The zero-order valence-electron chi connectivity index (χ0n) is 13.3. The highest BCUT2D eigenvalue weighted by molar-refractivity contribution is 8.00. The smallest absolute Gasteiger partial charge is 0.252 e. The predicted molar refractivity (Wildman–Crippen MR) is 97.8 cm³/mol. The van der Waals surface area contributed by atoms with Crippen molar-refractivity contribution in [2.75, 3.05) is 11.1 Å². The summed E-state index contributed by atoms with van der Waals surface area (Å²) < 4.78 is 1.78. The number of nitrogens with one attached hydrogen (secondary N) is 2. The highest BCUT2D eigenvalue weighted by Crippen LogP contribution is 2.40. The molecule has 2 N–H and O–H groups in total.